The first-order chi connectivity index (χ1) is 10.5. The number of halogens is 1. The molecule has 0 unspecified atom stereocenters. The van der Waals surface area contributed by atoms with E-state index in [0.29, 0.717) is 22.0 Å². The van der Waals surface area contributed by atoms with E-state index in [1.165, 1.54) is 0 Å². The smallest absolute Gasteiger partial charge is 0.249 e. The monoisotopic (exact) mass is 314 g/mol. The lowest BCUT2D eigenvalue weighted by Gasteiger charge is -2.21. The van der Waals surface area contributed by atoms with Crippen LogP contribution < -0.4 is 10.1 Å². The number of anilines is 1. The van der Waals surface area contributed by atoms with Crippen LogP contribution in [-0.4, -0.2) is 13.0 Å². The molecule has 0 aliphatic carbocycles. The van der Waals surface area contributed by atoms with Gasteiger partial charge in [-0.1, -0.05) is 23.7 Å². The van der Waals surface area contributed by atoms with Gasteiger partial charge in [0.15, 0.2) is 5.41 Å². The first-order valence-corrected chi connectivity index (χ1v) is 7.00. The second-order valence-electron chi connectivity index (χ2n) is 4.93. The molecular formula is C17H15ClN2O2. The molecular weight excluding hydrogens is 300 g/mol. The molecule has 0 radical (unpaired) electrons. The third kappa shape index (κ3) is 3.21. The van der Waals surface area contributed by atoms with Gasteiger partial charge in [-0.05, 0) is 48.9 Å². The van der Waals surface area contributed by atoms with Gasteiger partial charge < -0.3 is 10.1 Å². The van der Waals surface area contributed by atoms with Crippen LogP contribution in [0.3, 0.4) is 0 Å². The minimum absolute atomic E-state index is 0.400. The number of carbonyl (C=O) groups excluding carboxylic acids is 1. The Morgan fingerprint density at radius 3 is 2.27 bits per heavy atom. The third-order valence-corrected chi connectivity index (χ3v) is 3.70. The summed E-state index contributed by atoms with van der Waals surface area (Å²) >= 11 is 5.85. The SMILES string of the molecule is COc1ccc(NC(=O)[C@](C)(C#N)c2ccc(Cl)cc2)cc1. The van der Waals surface area contributed by atoms with Gasteiger partial charge >= 0.3 is 0 Å². The van der Waals surface area contributed by atoms with E-state index in [4.69, 9.17) is 16.3 Å². The minimum Gasteiger partial charge on any atom is -0.497 e. The van der Waals surface area contributed by atoms with Crippen molar-refractivity contribution < 1.29 is 9.53 Å². The minimum atomic E-state index is -1.30. The first-order valence-electron chi connectivity index (χ1n) is 6.62. The number of nitrogens with one attached hydrogen (secondary N) is 1. The summed E-state index contributed by atoms with van der Waals surface area (Å²) in [7, 11) is 1.57. The van der Waals surface area contributed by atoms with E-state index in [9.17, 15) is 10.1 Å². The van der Waals surface area contributed by atoms with Crippen LogP contribution in [0.1, 0.15) is 12.5 Å². The summed E-state index contributed by atoms with van der Waals surface area (Å²) in [6.07, 6.45) is 0. The van der Waals surface area contributed by atoms with Crippen LogP contribution in [0, 0.1) is 11.3 Å². The Kier molecular flexibility index (Phi) is 4.69. The van der Waals surface area contributed by atoms with Crippen molar-refractivity contribution in [1.82, 2.24) is 0 Å². The summed E-state index contributed by atoms with van der Waals surface area (Å²) in [6, 6.07) is 15.7. The molecule has 5 heteroatoms. The lowest BCUT2D eigenvalue weighted by Crippen LogP contribution is -2.36. The molecule has 0 heterocycles. The summed E-state index contributed by atoms with van der Waals surface area (Å²) in [5.74, 6) is 0.293. The van der Waals surface area contributed by atoms with E-state index < -0.39 is 11.3 Å². The van der Waals surface area contributed by atoms with Crippen LogP contribution in [0.15, 0.2) is 48.5 Å². The molecule has 0 fully saturated rings. The van der Waals surface area contributed by atoms with E-state index in [0.717, 1.165) is 0 Å². The molecule has 0 saturated carbocycles. The van der Waals surface area contributed by atoms with E-state index in [1.54, 1.807) is 62.6 Å². The van der Waals surface area contributed by atoms with Gasteiger partial charge in [-0.15, -0.1) is 0 Å². The first kappa shape index (κ1) is 15.9. The quantitative estimate of drug-likeness (QED) is 0.934. The molecule has 112 valence electrons. The molecule has 1 atom stereocenters. The average molecular weight is 315 g/mol. The van der Waals surface area contributed by atoms with Gasteiger partial charge in [0.1, 0.15) is 5.75 Å². The van der Waals surface area contributed by atoms with Gasteiger partial charge in [0.05, 0.1) is 13.2 Å². The van der Waals surface area contributed by atoms with E-state index in [2.05, 4.69) is 11.4 Å². The number of hydrogen-bond acceptors (Lipinski definition) is 3. The lowest BCUT2D eigenvalue weighted by molar-refractivity contribution is -0.119. The zero-order valence-corrected chi connectivity index (χ0v) is 13.0. The largest absolute Gasteiger partial charge is 0.497 e. The highest BCUT2D eigenvalue weighted by Crippen LogP contribution is 2.27. The van der Waals surface area contributed by atoms with Crippen LogP contribution >= 0.6 is 11.6 Å². The van der Waals surface area contributed by atoms with Gasteiger partial charge in [-0.25, -0.2) is 0 Å². The van der Waals surface area contributed by atoms with Gasteiger partial charge in [0.2, 0.25) is 5.91 Å². The Morgan fingerprint density at radius 1 is 1.18 bits per heavy atom. The summed E-state index contributed by atoms with van der Waals surface area (Å²) in [5, 5.41) is 12.8. The Morgan fingerprint density at radius 2 is 1.77 bits per heavy atom. The fourth-order valence-electron chi connectivity index (χ4n) is 1.96. The second-order valence-corrected chi connectivity index (χ2v) is 5.36. The van der Waals surface area contributed by atoms with Crippen molar-refractivity contribution in [2.45, 2.75) is 12.3 Å². The number of methoxy groups -OCH3 is 1. The molecule has 4 nitrogen and oxygen atoms in total. The second kappa shape index (κ2) is 6.50. The molecule has 0 aromatic heterocycles. The number of ether oxygens (including phenoxy) is 1. The van der Waals surface area contributed by atoms with Gasteiger partial charge in [-0.2, -0.15) is 5.26 Å². The highest BCUT2D eigenvalue weighted by molar-refractivity contribution is 6.30. The number of carbonyl (C=O) groups is 1. The van der Waals surface area contributed by atoms with E-state index >= 15 is 0 Å². The predicted molar refractivity (Wildman–Crippen MR) is 86.0 cm³/mol. The molecule has 2 aromatic rings. The molecule has 2 rings (SSSR count). The topological polar surface area (TPSA) is 62.1 Å². The van der Waals surface area contributed by atoms with Crippen molar-refractivity contribution in [2.24, 2.45) is 0 Å². The lowest BCUT2D eigenvalue weighted by atomic mass is 9.83. The number of nitrogens with zero attached hydrogens (tertiary/aromatic N) is 1. The predicted octanol–water partition coefficient (Wildman–Crippen LogP) is 3.77. The fourth-order valence-corrected chi connectivity index (χ4v) is 2.09. The fraction of sp³-hybridized carbons (Fsp3) is 0.176. The molecule has 1 amide bonds. The maximum atomic E-state index is 12.5. The Labute approximate surface area is 134 Å². The molecule has 0 bridgehead atoms. The number of amides is 1. The summed E-state index contributed by atoms with van der Waals surface area (Å²) < 4.78 is 5.07. The third-order valence-electron chi connectivity index (χ3n) is 3.45. The highest BCUT2D eigenvalue weighted by Gasteiger charge is 2.35. The van der Waals surface area contributed by atoms with Crippen molar-refractivity contribution in [3.05, 3.63) is 59.1 Å². The van der Waals surface area contributed by atoms with Gasteiger partial charge in [0, 0.05) is 10.7 Å². The van der Waals surface area contributed by atoms with Crippen LogP contribution in [0.5, 0.6) is 5.75 Å². The number of benzene rings is 2. The van der Waals surface area contributed by atoms with E-state index in [-0.39, 0.29) is 0 Å². The average Bonchev–Trinajstić information content (AvgIpc) is 2.55. The van der Waals surface area contributed by atoms with Crippen molar-refractivity contribution in [2.75, 3.05) is 12.4 Å². The number of hydrogen-bond donors (Lipinski definition) is 1. The van der Waals surface area contributed by atoms with Crippen molar-refractivity contribution in [3.63, 3.8) is 0 Å². The van der Waals surface area contributed by atoms with Crippen molar-refractivity contribution >= 4 is 23.2 Å². The van der Waals surface area contributed by atoms with E-state index in [1.807, 2.05) is 0 Å². The molecule has 0 saturated heterocycles. The normalized spacial score (nSPS) is 12.8. The van der Waals surface area contributed by atoms with Crippen molar-refractivity contribution in [1.29, 1.82) is 5.26 Å². The molecule has 0 aliphatic rings. The molecule has 2 aromatic carbocycles. The Balaban J connectivity index is 2.24. The maximum Gasteiger partial charge on any atom is 0.249 e. The van der Waals surface area contributed by atoms with Gasteiger partial charge in [0.25, 0.3) is 0 Å². The van der Waals surface area contributed by atoms with Crippen LogP contribution in [0.4, 0.5) is 5.69 Å². The van der Waals surface area contributed by atoms with Crippen molar-refractivity contribution in [3.8, 4) is 11.8 Å². The summed E-state index contributed by atoms with van der Waals surface area (Å²) in [6.45, 7) is 1.58. The molecule has 0 aliphatic heterocycles. The van der Waals surface area contributed by atoms with Gasteiger partial charge in [-0.3, -0.25) is 4.79 Å². The Bertz CT molecular complexity index is 705. The molecule has 1 N–H and O–H groups in total. The van der Waals surface area contributed by atoms with Crippen LogP contribution in [-0.2, 0) is 10.2 Å². The summed E-state index contributed by atoms with van der Waals surface area (Å²) in [5.41, 5.74) is -0.114. The molecule has 0 spiro atoms. The van der Waals surface area contributed by atoms with Crippen LogP contribution in [0.2, 0.25) is 5.02 Å². The standard InChI is InChI=1S/C17H15ClN2O2/c1-17(11-19,12-3-5-13(18)6-4-12)16(21)20-14-7-9-15(22-2)10-8-14/h3-10H,1-2H3,(H,20,21)/t17-/m1/s1. The zero-order chi connectivity index (χ0) is 16.2. The zero-order valence-electron chi connectivity index (χ0n) is 12.3. The Hall–Kier alpha value is -2.51. The maximum absolute atomic E-state index is 12.5. The molecule has 22 heavy (non-hydrogen) atoms. The number of nitriles is 1. The highest BCUT2D eigenvalue weighted by atomic mass is 35.5. The summed E-state index contributed by atoms with van der Waals surface area (Å²) in [4.78, 5) is 12.5. The number of rotatable bonds is 4. The van der Waals surface area contributed by atoms with Crippen LogP contribution in [0.25, 0.3) is 0 Å².